The second-order valence-electron chi connectivity index (χ2n) is 5.95. The van der Waals surface area contributed by atoms with Crippen LogP contribution in [0.5, 0.6) is 0 Å². The highest BCUT2D eigenvalue weighted by Gasteiger charge is 2.29. The van der Waals surface area contributed by atoms with Crippen molar-refractivity contribution in [3.05, 3.63) is 0 Å². The molecule has 5 nitrogen and oxygen atoms in total. The molecule has 18 heavy (non-hydrogen) atoms. The summed E-state index contributed by atoms with van der Waals surface area (Å²) in [5.41, 5.74) is 5.63. The predicted molar refractivity (Wildman–Crippen MR) is 74.3 cm³/mol. The van der Waals surface area contributed by atoms with E-state index in [1.165, 1.54) is 0 Å². The van der Waals surface area contributed by atoms with Crippen LogP contribution < -0.4 is 10.5 Å². The molecular formula is C12H27N3O2S. The maximum Gasteiger partial charge on any atom is 0.279 e. The van der Waals surface area contributed by atoms with Gasteiger partial charge in [-0.2, -0.15) is 12.7 Å². The van der Waals surface area contributed by atoms with E-state index < -0.39 is 10.2 Å². The molecule has 0 saturated carbocycles. The largest absolute Gasteiger partial charge is 0.330 e. The highest BCUT2D eigenvalue weighted by molar-refractivity contribution is 7.87. The Hall–Kier alpha value is -0.170. The number of nitrogens with two attached hydrogens (primary N) is 1. The molecular weight excluding hydrogens is 250 g/mol. The summed E-state index contributed by atoms with van der Waals surface area (Å²) >= 11 is 0. The Morgan fingerprint density at radius 1 is 1.44 bits per heavy atom. The van der Waals surface area contributed by atoms with Crippen molar-refractivity contribution in [3.63, 3.8) is 0 Å². The molecule has 6 heteroatoms. The molecule has 0 radical (unpaired) electrons. The van der Waals surface area contributed by atoms with Gasteiger partial charge in [-0.15, -0.1) is 0 Å². The zero-order valence-corrected chi connectivity index (χ0v) is 12.6. The van der Waals surface area contributed by atoms with E-state index in [0.29, 0.717) is 32.1 Å². The second-order valence-corrected chi connectivity index (χ2v) is 7.70. The molecule has 1 aliphatic heterocycles. The number of nitrogens with one attached hydrogen (secondary N) is 1. The fourth-order valence-electron chi connectivity index (χ4n) is 1.94. The summed E-state index contributed by atoms with van der Waals surface area (Å²) in [4.78, 5) is 0. The second kappa shape index (κ2) is 6.32. The van der Waals surface area contributed by atoms with Crippen molar-refractivity contribution >= 4 is 10.2 Å². The van der Waals surface area contributed by atoms with Crippen LogP contribution in [-0.4, -0.2) is 38.9 Å². The van der Waals surface area contributed by atoms with Gasteiger partial charge in [-0.05, 0) is 37.1 Å². The highest BCUT2D eigenvalue weighted by Crippen LogP contribution is 2.20. The van der Waals surface area contributed by atoms with Gasteiger partial charge < -0.3 is 5.73 Å². The van der Waals surface area contributed by atoms with E-state index in [9.17, 15) is 8.42 Å². The number of hydrogen-bond acceptors (Lipinski definition) is 3. The summed E-state index contributed by atoms with van der Waals surface area (Å²) in [5.74, 6) is 0.300. The van der Waals surface area contributed by atoms with Crippen LogP contribution in [-0.2, 0) is 10.2 Å². The summed E-state index contributed by atoms with van der Waals surface area (Å²) in [6, 6.07) is 0. The zero-order valence-electron chi connectivity index (χ0n) is 11.8. The number of nitrogens with zero attached hydrogens (tertiary/aromatic N) is 1. The van der Waals surface area contributed by atoms with E-state index in [4.69, 9.17) is 5.73 Å². The Labute approximate surface area is 111 Å². The SMILES string of the molecule is CCC(C)(C)CNS(=O)(=O)N1CCCC(CN)C1. The molecule has 108 valence electrons. The van der Waals surface area contributed by atoms with E-state index >= 15 is 0 Å². The van der Waals surface area contributed by atoms with Crippen molar-refractivity contribution in [1.29, 1.82) is 0 Å². The topological polar surface area (TPSA) is 75.4 Å². The van der Waals surface area contributed by atoms with E-state index in [1.807, 2.05) is 0 Å². The van der Waals surface area contributed by atoms with E-state index in [1.54, 1.807) is 4.31 Å². The molecule has 0 aliphatic carbocycles. The molecule has 1 heterocycles. The number of piperidine rings is 1. The monoisotopic (exact) mass is 277 g/mol. The van der Waals surface area contributed by atoms with Gasteiger partial charge in [0.1, 0.15) is 0 Å². The van der Waals surface area contributed by atoms with Gasteiger partial charge in [0.2, 0.25) is 0 Å². The molecule has 0 aromatic heterocycles. The Kier molecular flexibility index (Phi) is 5.58. The van der Waals surface area contributed by atoms with Crippen molar-refractivity contribution in [2.75, 3.05) is 26.2 Å². The minimum absolute atomic E-state index is 0.00384. The number of rotatable bonds is 6. The predicted octanol–water partition coefficient (Wildman–Crippen LogP) is 0.928. The first kappa shape index (κ1) is 15.9. The van der Waals surface area contributed by atoms with Crippen LogP contribution >= 0.6 is 0 Å². The Morgan fingerprint density at radius 3 is 2.67 bits per heavy atom. The van der Waals surface area contributed by atoms with Crippen LogP contribution in [0, 0.1) is 11.3 Å². The van der Waals surface area contributed by atoms with Crippen LogP contribution in [0.3, 0.4) is 0 Å². The first-order valence-electron chi connectivity index (χ1n) is 6.75. The molecule has 0 spiro atoms. The molecule has 0 bridgehead atoms. The lowest BCUT2D eigenvalue weighted by molar-refractivity contribution is 0.264. The van der Waals surface area contributed by atoms with E-state index in [2.05, 4.69) is 25.5 Å². The smallest absolute Gasteiger partial charge is 0.279 e. The molecule has 0 amide bonds. The first-order chi connectivity index (χ1) is 8.30. The summed E-state index contributed by atoms with van der Waals surface area (Å²) in [6.45, 7) is 8.40. The van der Waals surface area contributed by atoms with Gasteiger partial charge >= 0.3 is 0 Å². The molecule has 1 rings (SSSR count). The average molecular weight is 277 g/mol. The zero-order chi connectivity index (χ0) is 13.8. The molecule has 1 atom stereocenters. The number of hydrogen-bond donors (Lipinski definition) is 2. The van der Waals surface area contributed by atoms with Gasteiger partial charge in [0.15, 0.2) is 0 Å². The van der Waals surface area contributed by atoms with Crippen molar-refractivity contribution < 1.29 is 8.42 Å². The molecule has 0 aromatic rings. The van der Waals surface area contributed by atoms with Gasteiger partial charge in [0, 0.05) is 19.6 Å². The third kappa shape index (κ3) is 4.50. The molecule has 1 saturated heterocycles. The third-order valence-corrected chi connectivity index (χ3v) is 5.37. The Balaban J connectivity index is 2.58. The van der Waals surface area contributed by atoms with Gasteiger partial charge in [-0.3, -0.25) is 0 Å². The van der Waals surface area contributed by atoms with Gasteiger partial charge in [-0.25, -0.2) is 4.72 Å². The van der Waals surface area contributed by atoms with E-state index in [-0.39, 0.29) is 5.41 Å². The molecule has 1 unspecified atom stereocenters. The Bertz CT molecular complexity index is 354. The molecule has 0 aromatic carbocycles. The average Bonchev–Trinajstić information content (AvgIpc) is 2.37. The molecule has 1 fully saturated rings. The van der Waals surface area contributed by atoms with Crippen molar-refractivity contribution in [2.45, 2.75) is 40.0 Å². The highest BCUT2D eigenvalue weighted by atomic mass is 32.2. The van der Waals surface area contributed by atoms with Crippen LogP contribution in [0.1, 0.15) is 40.0 Å². The minimum Gasteiger partial charge on any atom is -0.330 e. The fraction of sp³-hybridized carbons (Fsp3) is 1.00. The lowest BCUT2D eigenvalue weighted by Crippen LogP contribution is -2.48. The van der Waals surface area contributed by atoms with Gasteiger partial charge in [0.25, 0.3) is 10.2 Å². The quantitative estimate of drug-likeness (QED) is 0.758. The fourth-order valence-corrected chi connectivity index (χ4v) is 3.47. The maximum absolute atomic E-state index is 12.2. The summed E-state index contributed by atoms with van der Waals surface area (Å²) in [6.07, 6.45) is 2.88. The van der Waals surface area contributed by atoms with Crippen LogP contribution in [0.4, 0.5) is 0 Å². The Morgan fingerprint density at radius 2 is 2.11 bits per heavy atom. The standard InChI is InChI=1S/C12H27N3O2S/c1-4-12(2,3)10-14-18(16,17)15-7-5-6-11(8-13)9-15/h11,14H,4-10,13H2,1-3H3. The normalized spacial score (nSPS) is 23.2. The first-order valence-corrected chi connectivity index (χ1v) is 8.19. The van der Waals surface area contributed by atoms with E-state index in [0.717, 1.165) is 19.3 Å². The summed E-state index contributed by atoms with van der Waals surface area (Å²) in [5, 5.41) is 0. The van der Waals surface area contributed by atoms with Crippen molar-refractivity contribution in [1.82, 2.24) is 9.03 Å². The summed E-state index contributed by atoms with van der Waals surface area (Å²) < 4.78 is 28.6. The third-order valence-electron chi connectivity index (χ3n) is 3.85. The lowest BCUT2D eigenvalue weighted by atomic mass is 9.91. The lowest BCUT2D eigenvalue weighted by Gasteiger charge is -2.32. The van der Waals surface area contributed by atoms with Gasteiger partial charge in [0.05, 0.1) is 0 Å². The van der Waals surface area contributed by atoms with Crippen LogP contribution in [0.15, 0.2) is 0 Å². The molecule has 3 N–H and O–H groups in total. The van der Waals surface area contributed by atoms with Crippen LogP contribution in [0.25, 0.3) is 0 Å². The minimum atomic E-state index is -3.34. The maximum atomic E-state index is 12.2. The van der Waals surface area contributed by atoms with Crippen molar-refractivity contribution in [3.8, 4) is 0 Å². The van der Waals surface area contributed by atoms with Gasteiger partial charge in [-0.1, -0.05) is 20.8 Å². The van der Waals surface area contributed by atoms with Crippen molar-refractivity contribution in [2.24, 2.45) is 17.1 Å². The summed E-state index contributed by atoms with van der Waals surface area (Å²) in [7, 11) is -3.34. The molecule has 1 aliphatic rings. The van der Waals surface area contributed by atoms with Crippen LogP contribution in [0.2, 0.25) is 0 Å².